The molecule has 0 aliphatic rings. The third-order valence-electron chi connectivity index (χ3n) is 3.90. The fourth-order valence-corrected chi connectivity index (χ4v) is 2.67. The van der Waals surface area contributed by atoms with Crippen LogP contribution in [-0.4, -0.2) is 31.2 Å². The van der Waals surface area contributed by atoms with Crippen molar-refractivity contribution in [3.63, 3.8) is 0 Å². The van der Waals surface area contributed by atoms with Crippen LogP contribution in [-0.2, 0) is 6.54 Å². The first-order valence-corrected chi connectivity index (χ1v) is 7.89. The predicted octanol–water partition coefficient (Wildman–Crippen LogP) is 3.62. The van der Waals surface area contributed by atoms with Gasteiger partial charge < -0.3 is 15.0 Å². The van der Waals surface area contributed by atoms with E-state index in [1.165, 1.54) is 5.56 Å². The first kappa shape index (κ1) is 16.1. The normalized spacial score (nSPS) is 10.7. The zero-order valence-corrected chi connectivity index (χ0v) is 14.5. The molecule has 0 radical (unpaired) electrons. The minimum atomic E-state index is 0.721. The van der Waals surface area contributed by atoms with E-state index >= 15 is 0 Å². The van der Waals surface area contributed by atoms with Gasteiger partial charge in [0.2, 0.25) is 0 Å². The predicted molar refractivity (Wildman–Crippen MR) is 98.9 cm³/mol. The Morgan fingerprint density at radius 2 is 2.00 bits per heavy atom. The summed E-state index contributed by atoms with van der Waals surface area (Å²) in [5.41, 5.74) is 4.07. The fourth-order valence-electron chi connectivity index (χ4n) is 2.67. The number of fused-ring (bicyclic) bond motifs is 1. The highest BCUT2D eigenvalue weighted by Gasteiger charge is 2.08. The molecule has 0 amide bonds. The summed E-state index contributed by atoms with van der Waals surface area (Å²) >= 11 is 0. The molecule has 5 heteroatoms. The lowest BCUT2D eigenvalue weighted by Crippen LogP contribution is -2.11. The first-order chi connectivity index (χ1) is 11.6. The number of hydrogen-bond acceptors (Lipinski definition) is 5. The van der Waals surface area contributed by atoms with Crippen LogP contribution in [0, 0.1) is 6.92 Å². The zero-order valence-electron chi connectivity index (χ0n) is 14.5. The van der Waals surface area contributed by atoms with E-state index in [4.69, 9.17) is 4.74 Å². The van der Waals surface area contributed by atoms with Gasteiger partial charge >= 0.3 is 0 Å². The van der Waals surface area contributed by atoms with Gasteiger partial charge in [0, 0.05) is 43.6 Å². The van der Waals surface area contributed by atoms with Gasteiger partial charge in [-0.25, -0.2) is 9.97 Å². The molecule has 1 N–H and O–H groups in total. The minimum absolute atomic E-state index is 0.721. The average molecular weight is 322 g/mol. The van der Waals surface area contributed by atoms with E-state index in [0.717, 1.165) is 40.4 Å². The van der Waals surface area contributed by atoms with Crippen molar-refractivity contribution in [3.05, 3.63) is 53.9 Å². The van der Waals surface area contributed by atoms with Crippen molar-refractivity contribution in [3.8, 4) is 5.75 Å². The van der Waals surface area contributed by atoms with Crippen LogP contribution in [0.4, 0.5) is 11.5 Å². The summed E-state index contributed by atoms with van der Waals surface area (Å²) in [6.07, 6.45) is 1.84. The number of nitrogens with one attached hydrogen (secondary N) is 1. The Labute approximate surface area is 142 Å². The van der Waals surface area contributed by atoms with Crippen LogP contribution >= 0.6 is 0 Å². The number of hydrogen-bond donors (Lipinski definition) is 1. The maximum absolute atomic E-state index is 5.44. The van der Waals surface area contributed by atoms with Crippen molar-refractivity contribution in [1.29, 1.82) is 0 Å². The Hall–Kier alpha value is -2.82. The zero-order chi connectivity index (χ0) is 17.1. The molecule has 0 aliphatic carbocycles. The van der Waals surface area contributed by atoms with E-state index in [0.29, 0.717) is 0 Å². The minimum Gasteiger partial charge on any atom is -0.494 e. The number of methoxy groups -OCH3 is 1. The van der Waals surface area contributed by atoms with Crippen LogP contribution in [0.2, 0.25) is 0 Å². The molecule has 2 heterocycles. The number of anilines is 2. The van der Waals surface area contributed by atoms with Crippen molar-refractivity contribution < 1.29 is 4.74 Å². The van der Waals surface area contributed by atoms with Crippen LogP contribution in [0.1, 0.15) is 11.3 Å². The van der Waals surface area contributed by atoms with E-state index in [1.54, 1.807) is 7.11 Å². The lowest BCUT2D eigenvalue weighted by molar-refractivity contribution is 0.419. The lowest BCUT2D eigenvalue weighted by Gasteiger charge is -2.14. The molecule has 0 atom stereocenters. The van der Waals surface area contributed by atoms with Gasteiger partial charge in [0.15, 0.2) is 0 Å². The second-order valence-corrected chi connectivity index (χ2v) is 5.94. The average Bonchev–Trinajstić information content (AvgIpc) is 2.59. The number of ether oxygens (including phenoxy) is 1. The molecule has 3 aromatic rings. The molecule has 0 saturated heterocycles. The van der Waals surface area contributed by atoms with Gasteiger partial charge in [0.05, 0.1) is 7.11 Å². The molecule has 24 heavy (non-hydrogen) atoms. The van der Waals surface area contributed by atoms with Gasteiger partial charge in [-0.05, 0) is 36.8 Å². The summed E-state index contributed by atoms with van der Waals surface area (Å²) in [6, 6.07) is 12.2. The van der Waals surface area contributed by atoms with Gasteiger partial charge in [-0.15, -0.1) is 0 Å². The van der Waals surface area contributed by atoms with Crippen molar-refractivity contribution in [1.82, 2.24) is 9.97 Å². The highest BCUT2D eigenvalue weighted by atomic mass is 16.5. The number of aryl methyl sites for hydroxylation is 1. The molecule has 3 rings (SSSR count). The van der Waals surface area contributed by atoms with Gasteiger partial charge in [0.25, 0.3) is 0 Å². The maximum Gasteiger partial charge on any atom is 0.145 e. The highest BCUT2D eigenvalue weighted by Crippen LogP contribution is 2.30. The molecule has 0 fully saturated rings. The quantitative estimate of drug-likeness (QED) is 0.777. The standard InChI is InChI=1S/C19H22N4O/c1-13-10-16(15-6-5-7-17(24-4)19(15)22-13)21-12-14-8-9-20-18(11-14)23(2)3/h5-11H,12H2,1-4H3,(H,21,22). The number of pyridine rings is 2. The van der Waals surface area contributed by atoms with E-state index < -0.39 is 0 Å². The first-order valence-electron chi connectivity index (χ1n) is 7.89. The number of aromatic nitrogens is 2. The second kappa shape index (κ2) is 6.74. The summed E-state index contributed by atoms with van der Waals surface area (Å²) in [5.74, 6) is 1.74. The Bertz CT molecular complexity index is 861. The Morgan fingerprint density at radius 1 is 1.17 bits per heavy atom. The molecule has 2 aromatic heterocycles. The number of nitrogens with zero attached hydrogens (tertiary/aromatic N) is 3. The largest absolute Gasteiger partial charge is 0.494 e. The topological polar surface area (TPSA) is 50.3 Å². The summed E-state index contributed by atoms with van der Waals surface area (Å²) in [5, 5.41) is 4.58. The molecule has 1 aromatic carbocycles. The highest BCUT2D eigenvalue weighted by molar-refractivity contribution is 5.95. The van der Waals surface area contributed by atoms with Crippen molar-refractivity contribution in [2.75, 3.05) is 31.4 Å². The third-order valence-corrected chi connectivity index (χ3v) is 3.90. The molecule has 0 spiro atoms. The fraction of sp³-hybridized carbons (Fsp3) is 0.263. The van der Waals surface area contributed by atoms with E-state index in [9.17, 15) is 0 Å². The molecular weight excluding hydrogens is 300 g/mol. The second-order valence-electron chi connectivity index (χ2n) is 5.94. The third kappa shape index (κ3) is 3.25. The maximum atomic E-state index is 5.44. The van der Waals surface area contributed by atoms with Crippen molar-refractivity contribution in [2.45, 2.75) is 13.5 Å². The SMILES string of the molecule is COc1cccc2c(NCc3ccnc(N(C)C)c3)cc(C)nc12. The summed E-state index contributed by atoms with van der Waals surface area (Å²) in [4.78, 5) is 11.0. The van der Waals surface area contributed by atoms with Crippen molar-refractivity contribution >= 4 is 22.4 Å². The number of benzene rings is 1. The van der Waals surface area contributed by atoms with E-state index in [-0.39, 0.29) is 0 Å². The van der Waals surface area contributed by atoms with E-state index in [2.05, 4.69) is 33.5 Å². The van der Waals surface area contributed by atoms with Crippen LogP contribution in [0.15, 0.2) is 42.6 Å². The summed E-state index contributed by atoms with van der Waals surface area (Å²) in [6.45, 7) is 2.72. The Kier molecular flexibility index (Phi) is 4.51. The molecule has 0 unspecified atom stereocenters. The number of rotatable bonds is 5. The monoisotopic (exact) mass is 322 g/mol. The van der Waals surface area contributed by atoms with Gasteiger partial charge in [-0.1, -0.05) is 12.1 Å². The molecule has 5 nitrogen and oxygen atoms in total. The van der Waals surface area contributed by atoms with Crippen LogP contribution in [0.5, 0.6) is 5.75 Å². The van der Waals surface area contributed by atoms with Crippen LogP contribution < -0.4 is 15.0 Å². The van der Waals surface area contributed by atoms with Crippen molar-refractivity contribution in [2.24, 2.45) is 0 Å². The molecule has 0 saturated carbocycles. The Balaban J connectivity index is 1.92. The smallest absolute Gasteiger partial charge is 0.145 e. The van der Waals surface area contributed by atoms with Gasteiger partial charge in [-0.2, -0.15) is 0 Å². The molecule has 0 aliphatic heterocycles. The van der Waals surface area contributed by atoms with Crippen LogP contribution in [0.25, 0.3) is 10.9 Å². The lowest BCUT2D eigenvalue weighted by atomic mass is 10.1. The van der Waals surface area contributed by atoms with Crippen LogP contribution in [0.3, 0.4) is 0 Å². The van der Waals surface area contributed by atoms with Gasteiger partial charge in [-0.3, -0.25) is 0 Å². The van der Waals surface area contributed by atoms with E-state index in [1.807, 2.05) is 50.3 Å². The number of para-hydroxylation sites is 1. The molecule has 0 bridgehead atoms. The Morgan fingerprint density at radius 3 is 2.75 bits per heavy atom. The van der Waals surface area contributed by atoms with Gasteiger partial charge in [0.1, 0.15) is 17.1 Å². The summed E-state index contributed by atoms with van der Waals surface area (Å²) in [7, 11) is 5.66. The molecular formula is C19H22N4O. The molecule has 124 valence electrons. The summed E-state index contributed by atoms with van der Waals surface area (Å²) < 4.78 is 5.44.